The maximum Gasteiger partial charge on any atom is 0.321 e. The maximum atomic E-state index is 12.3. The van der Waals surface area contributed by atoms with Crippen LogP contribution in [-0.2, 0) is 16.7 Å². The minimum Gasteiger partial charge on any atom is -0.378 e. The number of fused-ring (bicyclic) bond motifs is 1. The first-order chi connectivity index (χ1) is 19.8. The third-order valence-electron chi connectivity index (χ3n) is 7.15. The fraction of sp³-hybridized carbons (Fsp3) is 0.290. The Balaban J connectivity index is 1.09. The van der Waals surface area contributed by atoms with Gasteiger partial charge >= 0.3 is 6.03 Å². The van der Waals surface area contributed by atoms with Gasteiger partial charge in [0.15, 0.2) is 0 Å². The lowest BCUT2D eigenvalue weighted by Gasteiger charge is -2.27. The second kappa shape index (κ2) is 11.1. The maximum absolute atomic E-state index is 12.3. The molecule has 0 unspecified atom stereocenters. The first kappa shape index (κ1) is 26.5. The summed E-state index contributed by atoms with van der Waals surface area (Å²) in [5.74, 6) is 1.30. The van der Waals surface area contributed by atoms with Crippen LogP contribution in [0.2, 0.25) is 0 Å². The lowest BCUT2D eigenvalue weighted by atomic mass is 9.92. The Morgan fingerprint density at radius 3 is 2.41 bits per heavy atom. The van der Waals surface area contributed by atoms with E-state index in [2.05, 4.69) is 59.3 Å². The van der Waals surface area contributed by atoms with Crippen LogP contribution in [0.1, 0.15) is 32.0 Å². The molecular formula is C31H33N7O3. The van der Waals surface area contributed by atoms with Crippen molar-refractivity contribution in [3.63, 3.8) is 0 Å². The van der Waals surface area contributed by atoms with Gasteiger partial charge < -0.3 is 19.5 Å². The number of urea groups is 1. The molecule has 210 valence electrons. The highest BCUT2D eigenvalue weighted by Crippen LogP contribution is 2.27. The van der Waals surface area contributed by atoms with Crippen molar-refractivity contribution in [3.8, 4) is 22.4 Å². The van der Waals surface area contributed by atoms with Crippen molar-refractivity contribution in [2.45, 2.75) is 32.7 Å². The van der Waals surface area contributed by atoms with Crippen molar-refractivity contribution < 1.29 is 14.1 Å². The van der Waals surface area contributed by atoms with Crippen LogP contribution in [-0.4, -0.2) is 51.9 Å². The van der Waals surface area contributed by atoms with E-state index in [1.165, 1.54) is 0 Å². The fourth-order valence-electron chi connectivity index (χ4n) is 4.73. The molecule has 0 aliphatic carbocycles. The van der Waals surface area contributed by atoms with Crippen LogP contribution in [0.4, 0.5) is 16.5 Å². The second-order valence-electron chi connectivity index (χ2n) is 11.1. The Morgan fingerprint density at radius 2 is 1.71 bits per heavy atom. The number of pyridine rings is 2. The van der Waals surface area contributed by atoms with Gasteiger partial charge in [0.2, 0.25) is 5.88 Å². The highest BCUT2D eigenvalue weighted by Gasteiger charge is 2.19. The van der Waals surface area contributed by atoms with Crippen molar-refractivity contribution in [2.24, 2.45) is 0 Å². The van der Waals surface area contributed by atoms with Crippen LogP contribution < -0.4 is 15.5 Å². The van der Waals surface area contributed by atoms with Crippen LogP contribution >= 0.6 is 0 Å². The van der Waals surface area contributed by atoms with E-state index in [0.29, 0.717) is 12.4 Å². The Morgan fingerprint density at radius 1 is 0.927 bits per heavy atom. The van der Waals surface area contributed by atoms with Gasteiger partial charge in [0.25, 0.3) is 0 Å². The monoisotopic (exact) mass is 551 g/mol. The summed E-state index contributed by atoms with van der Waals surface area (Å²) in [6.45, 7) is 9.69. The van der Waals surface area contributed by atoms with Gasteiger partial charge in [0.1, 0.15) is 11.5 Å². The third-order valence-corrected chi connectivity index (χ3v) is 7.15. The van der Waals surface area contributed by atoms with Gasteiger partial charge in [-0.3, -0.25) is 9.72 Å². The Labute approximate surface area is 238 Å². The first-order valence-corrected chi connectivity index (χ1v) is 13.7. The number of hydrogen-bond donors (Lipinski definition) is 2. The van der Waals surface area contributed by atoms with Crippen LogP contribution in [0.15, 0.2) is 77.7 Å². The van der Waals surface area contributed by atoms with E-state index in [-0.39, 0.29) is 11.4 Å². The molecule has 1 aliphatic rings. The van der Waals surface area contributed by atoms with Crippen molar-refractivity contribution in [2.75, 3.05) is 36.5 Å². The molecule has 1 aliphatic heterocycles. The lowest BCUT2D eigenvalue weighted by Crippen LogP contribution is -2.36. The first-order valence-electron chi connectivity index (χ1n) is 13.7. The summed E-state index contributed by atoms with van der Waals surface area (Å²) in [4.78, 5) is 23.9. The van der Waals surface area contributed by atoms with Gasteiger partial charge in [0, 0.05) is 54.6 Å². The normalized spacial score (nSPS) is 13.9. The molecule has 1 saturated heterocycles. The zero-order valence-electron chi connectivity index (χ0n) is 23.4. The number of ether oxygens (including phenoxy) is 1. The van der Waals surface area contributed by atoms with Crippen LogP contribution in [0.5, 0.6) is 0 Å². The van der Waals surface area contributed by atoms with Gasteiger partial charge in [-0.25, -0.2) is 14.8 Å². The Bertz CT molecular complexity index is 1640. The summed E-state index contributed by atoms with van der Waals surface area (Å²) in [6, 6.07) is 17.8. The number of hydrogen-bond acceptors (Lipinski definition) is 7. The summed E-state index contributed by atoms with van der Waals surface area (Å²) in [5.41, 5.74) is 6.60. The molecule has 5 heterocycles. The standard InChI is InChI=1S/C31H33N7O3/c1-31(2,3)26-17-29(41-36-26)35-30(39)34-18-21-4-6-22(7-5-21)25-20-33-28-16-23(10-11-38(25)28)24-8-9-27(32-19-24)37-12-14-40-15-13-37/h4-11,16-17,19-20H,12-15,18H2,1-3H3,(H2,34,35,39). The van der Waals surface area contributed by atoms with E-state index in [1.807, 2.05) is 63.6 Å². The number of morpholine rings is 1. The molecule has 0 atom stereocenters. The van der Waals surface area contributed by atoms with E-state index in [9.17, 15) is 4.79 Å². The highest BCUT2D eigenvalue weighted by molar-refractivity contribution is 5.87. The molecule has 10 nitrogen and oxygen atoms in total. The molecule has 0 radical (unpaired) electrons. The minimum absolute atomic E-state index is 0.155. The number of carbonyl (C=O) groups is 1. The number of benzene rings is 1. The number of nitrogens with one attached hydrogen (secondary N) is 2. The largest absolute Gasteiger partial charge is 0.378 e. The summed E-state index contributed by atoms with van der Waals surface area (Å²) in [7, 11) is 0. The van der Waals surface area contributed by atoms with Crippen LogP contribution in [0.3, 0.4) is 0 Å². The van der Waals surface area contributed by atoms with Gasteiger partial charge in [-0.2, -0.15) is 0 Å². The van der Waals surface area contributed by atoms with E-state index >= 15 is 0 Å². The minimum atomic E-state index is -0.353. The topological polar surface area (TPSA) is 110 Å². The lowest BCUT2D eigenvalue weighted by molar-refractivity contribution is 0.122. The molecule has 2 N–H and O–H groups in total. The predicted octanol–water partition coefficient (Wildman–Crippen LogP) is 5.51. The Hall–Kier alpha value is -4.70. The van der Waals surface area contributed by atoms with Gasteiger partial charge in [0.05, 0.1) is 30.8 Å². The summed E-state index contributed by atoms with van der Waals surface area (Å²) < 4.78 is 12.7. The molecule has 5 aromatic rings. The quantitative estimate of drug-likeness (QED) is 0.286. The molecular weight excluding hydrogens is 518 g/mol. The zero-order valence-corrected chi connectivity index (χ0v) is 23.4. The number of imidazole rings is 1. The molecule has 4 aromatic heterocycles. The number of rotatable bonds is 6. The zero-order chi connectivity index (χ0) is 28.4. The van der Waals surface area contributed by atoms with E-state index < -0.39 is 0 Å². The van der Waals surface area contributed by atoms with Crippen molar-refractivity contribution in [3.05, 3.63) is 84.4 Å². The summed E-state index contributed by atoms with van der Waals surface area (Å²) in [5, 5.41) is 9.57. The van der Waals surface area contributed by atoms with Crippen molar-refractivity contribution >= 4 is 23.4 Å². The fourth-order valence-corrected chi connectivity index (χ4v) is 4.73. The smallest absolute Gasteiger partial charge is 0.321 e. The molecule has 10 heteroatoms. The average Bonchev–Trinajstić information content (AvgIpc) is 3.64. The van der Waals surface area contributed by atoms with Gasteiger partial charge in [-0.15, -0.1) is 0 Å². The van der Waals surface area contributed by atoms with Crippen molar-refractivity contribution in [1.29, 1.82) is 0 Å². The van der Waals surface area contributed by atoms with Crippen LogP contribution in [0.25, 0.3) is 28.0 Å². The predicted molar refractivity (Wildman–Crippen MR) is 158 cm³/mol. The number of anilines is 2. The van der Waals surface area contributed by atoms with Crippen molar-refractivity contribution in [1.82, 2.24) is 24.8 Å². The number of carbonyl (C=O) groups excluding carboxylic acids is 1. The molecule has 1 fully saturated rings. The van der Waals surface area contributed by atoms with Crippen LogP contribution in [0, 0.1) is 0 Å². The SMILES string of the molecule is CC(C)(C)c1cc(NC(=O)NCc2ccc(-c3cnc4cc(-c5ccc(N6CCOCC6)nc5)ccn34)cc2)on1. The second-order valence-corrected chi connectivity index (χ2v) is 11.1. The number of nitrogens with zero attached hydrogens (tertiary/aromatic N) is 5. The molecule has 2 amide bonds. The van der Waals surface area contributed by atoms with Gasteiger partial charge in [-0.05, 0) is 35.4 Å². The molecule has 0 spiro atoms. The third kappa shape index (κ3) is 5.92. The highest BCUT2D eigenvalue weighted by atomic mass is 16.5. The molecule has 41 heavy (non-hydrogen) atoms. The Kier molecular flexibility index (Phi) is 7.15. The number of aromatic nitrogens is 4. The summed E-state index contributed by atoms with van der Waals surface area (Å²) >= 11 is 0. The van der Waals surface area contributed by atoms with E-state index in [4.69, 9.17) is 9.26 Å². The van der Waals surface area contributed by atoms with E-state index in [0.717, 1.165) is 71.4 Å². The molecule has 0 saturated carbocycles. The summed E-state index contributed by atoms with van der Waals surface area (Å²) in [6.07, 6.45) is 5.84. The molecule has 0 bridgehead atoms. The van der Waals surface area contributed by atoms with Gasteiger partial charge in [-0.1, -0.05) is 50.2 Å². The molecule has 6 rings (SSSR count). The average molecular weight is 552 g/mol. The molecule has 1 aromatic carbocycles. The van der Waals surface area contributed by atoms with E-state index in [1.54, 1.807) is 6.07 Å². The number of amides is 2.